The first-order valence-electron chi connectivity index (χ1n) is 4.39. The average molecular weight is 213 g/mol. The van der Waals surface area contributed by atoms with Crippen LogP contribution >= 0.6 is 23.8 Å². The highest BCUT2D eigenvalue weighted by atomic mass is 35.5. The van der Waals surface area contributed by atoms with Crippen LogP contribution in [0.1, 0.15) is 25.0 Å². The summed E-state index contributed by atoms with van der Waals surface area (Å²) < 4.78 is 0.469. The van der Waals surface area contributed by atoms with Crippen LogP contribution in [0.4, 0.5) is 0 Å². The Morgan fingerprint density at radius 3 is 2.54 bits per heavy atom. The summed E-state index contributed by atoms with van der Waals surface area (Å²) in [6.45, 7) is 4.38. The lowest BCUT2D eigenvalue weighted by molar-refractivity contribution is 0.647. The third kappa shape index (κ3) is 3.09. The summed E-state index contributed by atoms with van der Waals surface area (Å²) in [7, 11) is 0. The summed E-state index contributed by atoms with van der Waals surface area (Å²) >= 11 is 10.8. The quantitative estimate of drug-likeness (QED) is 0.543. The van der Waals surface area contributed by atoms with Crippen LogP contribution in [0.2, 0.25) is 0 Å². The lowest BCUT2D eigenvalue weighted by Crippen LogP contribution is -2.00. The molecule has 0 aliphatic carbocycles. The van der Waals surface area contributed by atoms with Gasteiger partial charge in [0.2, 0.25) is 0 Å². The fourth-order valence-corrected chi connectivity index (χ4v) is 1.71. The second kappa shape index (κ2) is 4.73. The molecule has 0 aliphatic heterocycles. The number of rotatable bonds is 3. The molecule has 70 valence electrons. The summed E-state index contributed by atoms with van der Waals surface area (Å²) in [6.07, 6.45) is 1.03. The fraction of sp³-hybridized carbons (Fsp3) is 0.364. The normalized spacial score (nSPS) is 10.5. The van der Waals surface area contributed by atoms with Crippen molar-refractivity contribution in [2.45, 2.75) is 20.3 Å². The molecule has 1 aromatic carbocycles. The lowest BCUT2D eigenvalue weighted by atomic mass is 9.99. The molecule has 0 N–H and O–H groups in total. The highest BCUT2D eigenvalue weighted by molar-refractivity contribution is 7.83. The molecule has 0 saturated heterocycles. The number of hydrogen-bond acceptors (Lipinski definition) is 1. The van der Waals surface area contributed by atoms with Gasteiger partial charge in [0.1, 0.15) is 4.32 Å². The zero-order chi connectivity index (χ0) is 9.84. The first-order chi connectivity index (χ1) is 6.11. The van der Waals surface area contributed by atoms with Crippen molar-refractivity contribution in [2.24, 2.45) is 5.92 Å². The van der Waals surface area contributed by atoms with E-state index in [2.05, 4.69) is 19.9 Å². The molecule has 0 radical (unpaired) electrons. The molecule has 0 bridgehead atoms. The van der Waals surface area contributed by atoms with Crippen molar-refractivity contribution in [2.75, 3.05) is 0 Å². The van der Waals surface area contributed by atoms with Crippen LogP contribution in [-0.2, 0) is 6.42 Å². The Morgan fingerprint density at radius 2 is 2.00 bits per heavy atom. The number of thiocarbonyl (C=S) groups is 1. The van der Waals surface area contributed by atoms with Crippen LogP contribution in [0.3, 0.4) is 0 Å². The Kier molecular flexibility index (Phi) is 3.89. The van der Waals surface area contributed by atoms with Gasteiger partial charge >= 0.3 is 0 Å². The van der Waals surface area contributed by atoms with Gasteiger partial charge in [-0.05, 0) is 17.9 Å². The topological polar surface area (TPSA) is 0 Å². The van der Waals surface area contributed by atoms with E-state index in [1.165, 1.54) is 5.56 Å². The molecule has 0 nitrogen and oxygen atoms in total. The first-order valence-corrected chi connectivity index (χ1v) is 5.17. The molecule has 0 atom stereocenters. The van der Waals surface area contributed by atoms with Crippen LogP contribution in [-0.4, -0.2) is 4.32 Å². The average Bonchev–Trinajstić information content (AvgIpc) is 2.03. The van der Waals surface area contributed by atoms with Gasteiger partial charge in [-0.15, -0.1) is 0 Å². The Bertz CT molecular complexity index is 305. The van der Waals surface area contributed by atoms with Crippen LogP contribution in [0.15, 0.2) is 24.3 Å². The molecule has 0 saturated carbocycles. The smallest absolute Gasteiger partial charge is 0.0709 e. The standard InChI is InChI=1S/C11H13ClS/c1-8(2)7-9-5-3-4-6-10(9)11(12)13/h3-6,8H,7H2,1-2H3. The predicted molar refractivity (Wildman–Crippen MR) is 62.5 cm³/mol. The number of hydrogen-bond donors (Lipinski definition) is 0. The summed E-state index contributed by atoms with van der Waals surface area (Å²) in [5, 5.41) is 0. The van der Waals surface area contributed by atoms with Gasteiger partial charge in [-0.25, -0.2) is 0 Å². The third-order valence-electron chi connectivity index (χ3n) is 1.86. The second-order valence-electron chi connectivity index (χ2n) is 3.53. The maximum Gasteiger partial charge on any atom is 0.111 e. The van der Waals surface area contributed by atoms with Gasteiger partial charge in [0, 0.05) is 5.56 Å². The summed E-state index contributed by atoms with van der Waals surface area (Å²) in [5.41, 5.74) is 2.25. The van der Waals surface area contributed by atoms with E-state index < -0.39 is 0 Å². The molecule has 0 unspecified atom stereocenters. The van der Waals surface area contributed by atoms with Crippen LogP contribution in [0, 0.1) is 5.92 Å². The van der Waals surface area contributed by atoms with Crippen LogP contribution < -0.4 is 0 Å². The summed E-state index contributed by atoms with van der Waals surface area (Å²) in [4.78, 5) is 0. The van der Waals surface area contributed by atoms with Crippen molar-refractivity contribution in [3.05, 3.63) is 35.4 Å². The monoisotopic (exact) mass is 212 g/mol. The van der Waals surface area contributed by atoms with E-state index in [1.54, 1.807) is 0 Å². The zero-order valence-corrected chi connectivity index (χ0v) is 9.45. The van der Waals surface area contributed by atoms with E-state index in [0.29, 0.717) is 10.2 Å². The lowest BCUT2D eigenvalue weighted by Gasteiger charge is -2.08. The summed E-state index contributed by atoms with van der Waals surface area (Å²) in [6, 6.07) is 8.06. The zero-order valence-electron chi connectivity index (χ0n) is 7.88. The highest BCUT2D eigenvalue weighted by Gasteiger charge is 2.05. The Hall–Kier alpha value is -0.400. The molecule has 0 spiro atoms. The van der Waals surface area contributed by atoms with Crippen molar-refractivity contribution in [1.82, 2.24) is 0 Å². The fourth-order valence-electron chi connectivity index (χ4n) is 1.33. The first kappa shape index (κ1) is 10.7. The van der Waals surface area contributed by atoms with E-state index >= 15 is 0 Å². The molecule has 0 aromatic heterocycles. The minimum Gasteiger partial charge on any atom is -0.0709 e. The van der Waals surface area contributed by atoms with Crippen molar-refractivity contribution in [1.29, 1.82) is 0 Å². The third-order valence-corrected chi connectivity index (χ3v) is 2.28. The molecule has 0 heterocycles. The van der Waals surface area contributed by atoms with E-state index in [0.717, 1.165) is 12.0 Å². The van der Waals surface area contributed by atoms with E-state index in [4.69, 9.17) is 23.8 Å². The van der Waals surface area contributed by atoms with Gasteiger partial charge in [0.25, 0.3) is 0 Å². The Balaban J connectivity index is 2.98. The molecular formula is C11H13ClS. The van der Waals surface area contributed by atoms with Crippen molar-refractivity contribution in [3.63, 3.8) is 0 Å². The molecule has 2 heteroatoms. The van der Waals surface area contributed by atoms with Gasteiger partial charge < -0.3 is 0 Å². The SMILES string of the molecule is CC(C)Cc1ccccc1C(=S)Cl. The highest BCUT2D eigenvalue weighted by Crippen LogP contribution is 2.16. The minimum atomic E-state index is 0.469. The molecule has 0 fully saturated rings. The largest absolute Gasteiger partial charge is 0.111 e. The predicted octanol–water partition coefficient (Wildman–Crippen LogP) is 3.80. The van der Waals surface area contributed by atoms with E-state index in [-0.39, 0.29) is 0 Å². The molecule has 1 aromatic rings. The van der Waals surface area contributed by atoms with E-state index in [9.17, 15) is 0 Å². The van der Waals surface area contributed by atoms with E-state index in [1.807, 2.05) is 18.2 Å². The van der Waals surface area contributed by atoms with Gasteiger partial charge in [0.15, 0.2) is 0 Å². The minimum absolute atomic E-state index is 0.469. The Labute approximate surface area is 89.9 Å². The van der Waals surface area contributed by atoms with Crippen LogP contribution in [0.5, 0.6) is 0 Å². The van der Waals surface area contributed by atoms with Gasteiger partial charge in [-0.2, -0.15) is 0 Å². The van der Waals surface area contributed by atoms with Crippen molar-refractivity contribution < 1.29 is 0 Å². The maximum atomic E-state index is 5.82. The summed E-state index contributed by atoms with van der Waals surface area (Å²) in [5.74, 6) is 0.632. The van der Waals surface area contributed by atoms with Crippen molar-refractivity contribution >= 4 is 28.1 Å². The van der Waals surface area contributed by atoms with Gasteiger partial charge in [0.05, 0.1) is 0 Å². The van der Waals surface area contributed by atoms with Crippen molar-refractivity contribution in [3.8, 4) is 0 Å². The van der Waals surface area contributed by atoms with Crippen LogP contribution in [0.25, 0.3) is 0 Å². The van der Waals surface area contributed by atoms with Gasteiger partial charge in [-0.1, -0.05) is 61.9 Å². The molecule has 1 rings (SSSR count). The number of benzene rings is 1. The molecule has 0 amide bonds. The number of halogens is 1. The van der Waals surface area contributed by atoms with Gasteiger partial charge in [-0.3, -0.25) is 0 Å². The molecular weight excluding hydrogens is 200 g/mol. The molecule has 0 aliphatic rings. The second-order valence-corrected chi connectivity index (χ2v) is 4.54. The Morgan fingerprint density at radius 1 is 1.38 bits per heavy atom. The maximum absolute atomic E-state index is 5.82. The molecule has 13 heavy (non-hydrogen) atoms.